The van der Waals surface area contributed by atoms with Crippen LogP contribution in [0.15, 0.2) is 16.4 Å². The predicted octanol–water partition coefficient (Wildman–Crippen LogP) is 5.58. The summed E-state index contributed by atoms with van der Waals surface area (Å²) in [5, 5.41) is 2.97. The highest BCUT2D eigenvalue weighted by atomic mass is 16.3. The fourth-order valence-electron chi connectivity index (χ4n) is 1.78. The molecule has 0 heterocycles. The third kappa shape index (κ3) is 8.63. The van der Waals surface area contributed by atoms with Gasteiger partial charge in [-0.25, -0.2) is 0 Å². The number of unbranched alkanes of at least 4 members (excludes halogenated alkanes) is 7. The summed E-state index contributed by atoms with van der Waals surface area (Å²) in [4.78, 5) is 10.3. The van der Waals surface area contributed by atoms with Gasteiger partial charge in [-0.3, -0.25) is 0 Å². The largest absolute Gasteiger partial charge is 0.145 e. The third-order valence-corrected chi connectivity index (χ3v) is 3.16. The van der Waals surface area contributed by atoms with E-state index in [1.807, 2.05) is 6.92 Å². The van der Waals surface area contributed by atoms with E-state index in [9.17, 15) is 4.91 Å². The van der Waals surface area contributed by atoms with Crippen LogP contribution in [0.2, 0.25) is 0 Å². The molecule has 0 aromatic heterocycles. The van der Waals surface area contributed by atoms with Gasteiger partial charge in [0.1, 0.15) is 0 Å². The molecule has 0 aromatic rings. The normalized spacial score (nSPS) is 12.4. The average molecular weight is 225 g/mol. The maximum atomic E-state index is 10.3. The van der Waals surface area contributed by atoms with Gasteiger partial charge in [-0.05, 0) is 37.4 Å². The molecule has 0 rings (SSSR count). The lowest BCUT2D eigenvalue weighted by Gasteiger charge is -2.03. The van der Waals surface area contributed by atoms with E-state index in [0.717, 1.165) is 12.0 Å². The Balaban J connectivity index is 3.30. The Morgan fingerprint density at radius 3 is 1.88 bits per heavy atom. The number of hydrogen-bond donors (Lipinski definition) is 0. The highest BCUT2D eigenvalue weighted by molar-refractivity contribution is 5.07. The van der Waals surface area contributed by atoms with Crippen LogP contribution in [0.4, 0.5) is 0 Å². The van der Waals surface area contributed by atoms with Crippen LogP contribution in [0.3, 0.4) is 0 Å². The number of nitroso groups, excluding NO2 is 1. The Morgan fingerprint density at radius 1 is 0.875 bits per heavy atom. The number of allylic oxidation sites excluding steroid dienone is 2. The van der Waals surface area contributed by atoms with Gasteiger partial charge >= 0.3 is 0 Å². The van der Waals surface area contributed by atoms with Crippen LogP contribution in [0.5, 0.6) is 0 Å². The molecule has 0 N–H and O–H groups in total. The maximum Gasteiger partial charge on any atom is 0.0807 e. The first-order chi connectivity index (χ1) is 7.72. The third-order valence-electron chi connectivity index (χ3n) is 3.16. The van der Waals surface area contributed by atoms with Crippen molar-refractivity contribution in [1.82, 2.24) is 0 Å². The minimum absolute atomic E-state index is 0.669. The van der Waals surface area contributed by atoms with Gasteiger partial charge in [-0.15, -0.1) is 4.91 Å². The molecule has 94 valence electrons. The molecule has 0 saturated heterocycles. The van der Waals surface area contributed by atoms with Crippen molar-refractivity contribution in [3.05, 3.63) is 16.2 Å². The minimum Gasteiger partial charge on any atom is -0.145 e. The quantitative estimate of drug-likeness (QED) is 0.352. The van der Waals surface area contributed by atoms with Gasteiger partial charge in [0.05, 0.1) is 5.70 Å². The molecule has 2 heteroatoms. The lowest BCUT2D eigenvalue weighted by Crippen LogP contribution is -1.84. The van der Waals surface area contributed by atoms with Crippen molar-refractivity contribution in [2.75, 3.05) is 0 Å². The van der Waals surface area contributed by atoms with Gasteiger partial charge in [0.15, 0.2) is 0 Å². The van der Waals surface area contributed by atoms with Crippen molar-refractivity contribution < 1.29 is 0 Å². The molecule has 0 aromatic carbocycles. The van der Waals surface area contributed by atoms with Crippen molar-refractivity contribution in [2.24, 2.45) is 5.18 Å². The average Bonchev–Trinajstić information content (AvgIpc) is 2.31. The highest BCUT2D eigenvalue weighted by Gasteiger charge is 1.97. The van der Waals surface area contributed by atoms with Crippen LogP contribution in [-0.2, 0) is 0 Å². The summed E-state index contributed by atoms with van der Waals surface area (Å²) in [6, 6.07) is 0. The van der Waals surface area contributed by atoms with E-state index < -0.39 is 0 Å². The molecule has 0 unspecified atom stereocenters. The topological polar surface area (TPSA) is 29.4 Å². The Hall–Kier alpha value is -0.660. The Labute approximate surface area is 100 Å². The number of nitrogens with zero attached hydrogens (tertiary/aromatic N) is 1. The lowest BCUT2D eigenvalue weighted by atomic mass is 10.0. The van der Waals surface area contributed by atoms with Crippen molar-refractivity contribution in [3.8, 4) is 0 Å². The molecular weight excluding hydrogens is 198 g/mol. The zero-order valence-corrected chi connectivity index (χ0v) is 11.2. The lowest BCUT2D eigenvalue weighted by molar-refractivity contribution is 0.574. The Kier molecular flexibility index (Phi) is 10.4. The van der Waals surface area contributed by atoms with E-state index in [1.54, 1.807) is 6.92 Å². The van der Waals surface area contributed by atoms with Gasteiger partial charge in [0.25, 0.3) is 0 Å². The Bertz CT molecular complexity index is 209. The first-order valence-electron chi connectivity index (χ1n) is 6.72. The standard InChI is InChI=1S/C14H27NO/c1-4-5-6-7-8-9-10-11-12-13(2)14(3)15-16/h4-12H2,1-3H3. The molecule has 0 bridgehead atoms. The van der Waals surface area contributed by atoms with Crippen molar-refractivity contribution in [3.63, 3.8) is 0 Å². The van der Waals surface area contributed by atoms with E-state index in [4.69, 9.17) is 0 Å². The van der Waals surface area contributed by atoms with E-state index in [2.05, 4.69) is 12.1 Å². The second-order valence-corrected chi connectivity index (χ2v) is 4.68. The molecule has 0 aliphatic heterocycles. The van der Waals surface area contributed by atoms with Gasteiger partial charge in [0, 0.05) is 0 Å². The van der Waals surface area contributed by atoms with E-state index in [-0.39, 0.29) is 0 Å². The zero-order valence-electron chi connectivity index (χ0n) is 11.2. The van der Waals surface area contributed by atoms with Crippen LogP contribution in [0.25, 0.3) is 0 Å². The molecule has 0 aliphatic rings. The van der Waals surface area contributed by atoms with Crippen LogP contribution in [0, 0.1) is 4.91 Å². The molecule has 0 spiro atoms. The summed E-state index contributed by atoms with van der Waals surface area (Å²) in [6.07, 6.45) is 11.7. The van der Waals surface area contributed by atoms with Crippen molar-refractivity contribution in [2.45, 2.75) is 78.6 Å². The molecule has 0 aliphatic carbocycles. The summed E-state index contributed by atoms with van der Waals surface area (Å²) in [5.74, 6) is 0. The molecule has 0 radical (unpaired) electrons. The highest BCUT2D eigenvalue weighted by Crippen LogP contribution is 2.15. The van der Waals surface area contributed by atoms with Gasteiger partial charge in [-0.2, -0.15) is 0 Å². The molecule has 0 saturated carbocycles. The monoisotopic (exact) mass is 225 g/mol. The number of hydrogen-bond acceptors (Lipinski definition) is 2. The number of rotatable bonds is 10. The van der Waals surface area contributed by atoms with Crippen LogP contribution < -0.4 is 0 Å². The Morgan fingerprint density at radius 2 is 1.38 bits per heavy atom. The maximum absolute atomic E-state index is 10.3. The molecule has 0 amide bonds. The first kappa shape index (κ1) is 15.3. The molecule has 0 atom stereocenters. The minimum atomic E-state index is 0.669. The van der Waals surface area contributed by atoms with E-state index in [1.165, 1.54) is 51.4 Å². The van der Waals surface area contributed by atoms with E-state index >= 15 is 0 Å². The second kappa shape index (κ2) is 10.8. The van der Waals surface area contributed by atoms with Crippen LogP contribution in [0.1, 0.15) is 78.6 Å². The predicted molar refractivity (Wildman–Crippen MR) is 71.4 cm³/mol. The summed E-state index contributed by atoms with van der Waals surface area (Å²) >= 11 is 0. The fourth-order valence-corrected chi connectivity index (χ4v) is 1.78. The van der Waals surface area contributed by atoms with Crippen LogP contribution >= 0.6 is 0 Å². The first-order valence-corrected chi connectivity index (χ1v) is 6.72. The summed E-state index contributed by atoms with van der Waals surface area (Å²) < 4.78 is 0. The zero-order chi connectivity index (χ0) is 12.2. The van der Waals surface area contributed by atoms with Crippen molar-refractivity contribution in [1.29, 1.82) is 0 Å². The molecule has 16 heavy (non-hydrogen) atoms. The summed E-state index contributed by atoms with van der Waals surface area (Å²) in [6.45, 7) is 6.06. The molecular formula is C14H27NO. The van der Waals surface area contributed by atoms with Gasteiger partial charge in [-0.1, -0.05) is 51.9 Å². The summed E-state index contributed by atoms with van der Waals surface area (Å²) in [7, 11) is 0. The van der Waals surface area contributed by atoms with Crippen LogP contribution in [-0.4, -0.2) is 0 Å². The van der Waals surface area contributed by atoms with Gasteiger partial charge < -0.3 is 0 Å². The summed E-state index contributed by atoms with van der Waals surface area (Å²) in [5.41, 5.74) is 1.82. The second-order valence-electron chi connectivity index (χ2n) is 4.68. The fraction of sp³-hybridized carbons (Fsp3) is 0.857. The van der Waals surface area contributed by atoms with E-state index in [0.29, 0.717) is 5.70 Å². The molecule has 2 nitrogen and oxygen atoms in total. The molecule has 0 fully saturated rings. The van der Waals surface area contributed by atoms with Crippen molar-refractivity contribution >= 4 is 0 Å². The van der Waals surface area contributed by atoms with Gasteiger partial charge in [0.2, 0.25) is 0 Å². The smallest absolute Gasteiger partial charge is 0.0807 e. The SMILES string of the molecule is CCCCCCCCCCC(C)=C(C)N=O.